The van der Waals surface area contributed by atoms with Gasteiger partial charge in [0.15, 0.2) is 0 Å². The van der Waals surface area contributed by atoms with Gasteiger partial charge in [0.1, 0.15) is 5.60 Å². The first kappa shape index (κ1) is 14.8. The Morgan fingerprint density at radius 1 is 1.28 bits per heavy atom. The number of aliphatic carboxylic acids is 1. The molecule has 1 amide bonds. The van der Waals surface area contributed by atoms with Crippen molar-refractivity contribution in [3.05, 3.63) is 0 Å². The fourth-order valence-electron chi connectivity index (χ4n) is 2.05. The van der Waals surface area contributed by atoms with Crippen molar-refractivity contribution in [3.63, 3.8) is 0 Å². The largest absolute Gasteiger partial charge is 0.481 e. The first-order valence-electron chi connectivity index (χ1n) is 6.05. The lowest BCUT2D eigenvalue weighted by atomic mass is 10.2. The molecule has 1 aliphatic heterocycles. The third-order valence-electron chi connectivity index (χ3n) is 2.91. The number of likely N-dealkylation sites (tertiary alicyclic amines) is 1. The monoisotopic (exact) mass is 258 g/mol. The number of carbonyl (C=O) groups excluding carboxylic acids is 1. The highest BCUT2D eigenvalue weighted by Crippen LogP contribution is 2.43. The molecule has 6 nitrogen and oxygen atoms in total. The zero-order chi connectivity index (χ0) is 14.1. The minimum Gasteiger partial charge on any atom is -0.481 e. The number of carboxylic acid groups (broad SMARTS) is 1. The highest BCUT2D eigenvalue weighted by atomic mass is 16.6. The third kappa shape index (κ3) is 4.18. The van der Waals surface area contributed by atoms with Gasteiger partial charge >= 0.3 is 6.09 Å². The number of nitrogens with zero attached hydrogens (tertiary/aromatic N) is 1. The van der Waals surface area contributed by atoms with Gasteiger partial charge in [-0.1, -0.05) is 0 Å². The van der Waals surface area contributed by atoms with Crippen molar-refractivity contribution in [1.29, 1.82) is 0 Å². The van der Waals surface area contributed by atoms with Crippen molar-refractivity contribution in [3.8, 4) is 0 Å². The normalized spacial score (nSPS) is 28.9. The fourth-order valence-corrected chi connectivity index (χ4v) is 2.05. The number of ether oxygens (including phenoxy) is 1. The minimum absolute atomic E-state index is 0.197. The Morgan fingerprint density at radius 3 is 2.00 bits per heavy atom. The van der Waals surface area contributed by atoms with E-state index >= 15 is 0 Å². The molecule has 2 aliphatic rings. The van der Waals surface area contributed by atoms with E-state index in [4.69, 9.17) is 20.4 Å². The second kappa shape index (κ2) is 5.14. The van der Waals surface area contributed by atoms with E-state index in [1.807, 2.05) is 20.8 Å². The minimum atomic E-state index is -0.833. The third-order valence-corrected chi connectivity index (χ3v) is 2.91. The van der Waals surface area contributed by atoms with E-state index in [0.29, 0.717) is 17.9 Å². The molecule has 6 heteroatoms. The van der Waals surface area contributed by atoms with E-state index < -0.39 is 11.6 Å². The summed E-state index contributed by atoms with van der Waals surface area (Å²) in [6.45, 7) is 8.29. The average Bonchev–Trinajstić information content (AvgIpc) is 2.60. The van der Waals surface area contributed by atoms with Crippen LogP contribution in [0.25, 0.3) is 0 Å². The van der Waals surface area contributed by atoms with Crippen LogP contribution < -0.4 is 5.73 Å². The molecule has 0 aromatic rings. The number of piperidine rings is 1. The zero-order valence-electron chi connectivity index (χ0n) is 11.3. The summed E-state index contributed by atoms with van der Waals surface area (Å²) in [5.74, 6) is 0.227. The summed E-state index contributed by atoms with van der Waals surface area (Å²) in [5.41, 5.74) is 5.39. The highest BCUT2D eigenvalue weighted by Gasteiger charge is 2.55. The molecule has 0 aromatic heterocycles. The maximum atomic E-state index is 11.6. The molecule has 0 spiro atoms. The smallest absolute Gasteiger partial charge is 0.410 e. The van der Waals surface area contributed by atoms with Gasteiger partial charge in [0.2, 0.25) is 0 Å². The molecular formula is C12H22N2O4. The van der Waals surface area contributed by atoms with Gasteiger partial charge in [-0.2, -0.15) is 0 Å². The Bertz CT molecular complexity index is 321. The van der Waals surface area contributed by atoms with Gasteiger partial charge in [-0.05, 0) is 32.6 Å². The molecule has 1 saturated carbocycles. The SMILES string of the molecule is CC(=O)O.CC(C)(C)OC(=O)N1CC2C(N)C2C1. The summed E-state index contributed by atoms with van der Waals surface area (Å²) in [5, 5.41) is 7.42. The lowest BCUT2D eigenvalue weighted by molar-refractivity contribution is -0.134. The van der Waals surface area contributed by atoms with Crippen LogP contribution in [0, 0.1) is 11.8 Å². The molecule has 0 aromatic carbocycles. The molecule has 1 saturated heterocycles. The Hall–Kier alpha value is -1.30. The summed E-state index contributed by atoms with van der Waals surface area (Å²) >= 11 is 0. The lowest BCUT2D eigenvalue weighted by Gasteiger charge is -2.25. The van der Waals surface area contributed by atoms with E-state index in [-0.39, 0.29) is 6.09 Å². The van der Waals surface area contributed by atoms with Crippen LogP contribution in [-0.2, 0) is 9.53 Å². The number of rotatable bonds is 0. The predicted molar refractivity (Wildman–Crippen MR) is 66.1 cm³/mol. The molecule has 3 N–H and O–H groups in total. The Morgan fingerprint density at radius 2 is 1.67 bits per heavy atom. The van der Waals surface area contributed by atoms with Crippen molar-refractivity contribution in [1.82, 2.24) is 4.90 Å². The summed E-state index contributed by atoms with van der Waals surface area (Å²) in [6.07, 6.45) is -0.197. The molecule has 104 valence electrons. The highest BCUT2D eigenvalue weighted by molar-refractivity contribution is 5.69. The van der Waals surface area contributed by atoms with Crippen LogP contribution in [0.2, 0.25) is 0 Å². The Kier molecular flexibility index (Phi) is 4.21. The van der Waals surface area contributed by atoms with Gasteiger partial charge in [0, 0.05) is 26.1 Å². The van der Waals surface area contributed by atoms with Gasteiger partial charge in [-0.25, -0.2) is 4.79 Å². The summed E-state index contributed by atoms with van der Waals surface area (Å²) < 4.78 is 5.27. The molecule has 0 bridgehead atoms. The molecule has 0 radical (unpaired) electrons. The molecular weight excluding hydrogens is 236 g/mol. The van der Waals surface area contributed by atoms with E-state index in [1.165, 1.54) is 0 Å². The van der Waals surface area contributed by atoms with Crippen molar-refractivity contribution >= 4 is 12.1 Å². The van der Waals surface area contributed by atoms with Gasteiger partial charge in [0.25, 0.3) is 5.97 Å². The van der Waals surface area contributed by atoms with Crippen LogP contribution in [-0.4, -0.2) is 46.8 Å². The number of carboxylic acids is 1. The van der Waals surface area contributed by atoms with Gasteiger partial charge in [0.05, 0.1) is 0 Å². The average molecular weight is 258 g/mol. The van der Waals surface area contributed by atoms with E-state index in [0.717, 1.165) is 20.0 Å². The van der Waals surface area contributed by atoms with Crippen LogP contribution in [0.1, 0.15) is 27.7 Å². The molecule has 1 heterocycles. The first-order chi connectivity index (χ1) is 8.11. The Balaban J connectivity index is 0.000000357. The fraction of sp³-hybridized carbons (Fsp3) is 0.833. The van der Waals surface area contributed by atoms with Crippen LogP contribution in [0.3, 0.4) is 0 Å². The van der Waals surface area contributed by atoms with E-state index in [9.17, 15) is 4.79 Å². The van der Waals surface area contributed by atoms with Crippen molar-refractivity contribution in [2.24, 2.45) is 17.6 Å². The van der Waals surface area contributed by atoms with Crippen LogP contribution in [0.5, 0.6) is 0 Å². The number of hydrogen-bond acceptors (Lipinski definition) is 4. The van der Waals surface area contributed by atoms with E-state index in [1.54, 1.807) is 4.90 Å². The number of nitrogens with two attached hydrogens (primary N) is 1. The Labute approximate surface area is 107 Å². The summed E-state index contributed by atoms with van der Waals surface area (Å²) in [7, 11) is 0. The molecule has 2 unspecified atom stereocenters. The number of carbonyl (C=O) groups is 2. The van der Waals surface area contributed by atoms with E-state index in [2.05, 4.69) is 0 Å². The van der Waals surface area contributed by atoms with Gasteiger partial charge in [-0.3, -0.25) is 4.79 Å². The van der Waals surface area contributed by atoms with Gasteiger partial charge in [-0.15, -0.1) is 0 Å². The maximum absolute atomic E-state index is 11.6. The summed E-state index contributed by atoms with van der Waals surface area (Å²) in [6, 6.07) is 0.327. The van der Waals surface area contributed by atoms with Crippen molar-refractivity contribution in [2.45, 2.75) is 39.3 Å². The topological polar surface area (TPSA) is 92.9 Å². The van der Waals surface area contributed by atoms with Crippen molar-refractivity contribution < 1.29 is 19.4 Å². The van der Waals surface area contributed by atoms with Gasteiger partial charge < -0.3 is 20.5 Å². The van der Waals surface area contributed by atoms with Crippen LogP contribution in [0.15, 0.2) is 0 Å². The van der Waals surface area contributed by atoms with Crippen LogP contribution in [0.4, 0.5) is 4.79 Å². The molecule has 1 aliphatic carbocycles. The van der Waals surface area contributed by atoms with Crippen LogP contribution >= 0.6 is 0 Å². The number of hydrogen-bond donors (Lipinski definition) is 2. The maximum Gasteiger partial charge on any atom is 0.410 e. The molecule has 2 atom stereocenters. The predicted octanol–water partition coefficient (Wildman–Crippen LogP) is 0.901. The number of amides is 1. The lowest BCUT2D eigenvalue weighted by Crippen LogP contribution is -2.38. The zero-order valence-corrected chi connectivity index (χ0v) is 11.3. The molecule has 18 heavy (non-hydrogen) atoms. The quantitative estimate of drug-likeness (QED) is 0.673. The second-order valence-electron chi connectivity index (χ2n) is 5.81. The second-order valence-corrected chi connectivity index (χ2v) is 5.81. The molecule has 2 fully saturated rings. The first-order valence-corrected chi connectivity index (χ1v) is 6.05. The molecule has 2 rings (SSSR count). The standard InChI is InChI=1S/C10H18N2O2.C2H4O2/c1-10(2,3)14-9(13)12-4-6-7(5-12)8(6)11;1-2(3)4/h6-8H,4-5,11H2,1-3H3;1H3,(H,3,4). The number of fused-ring (bicyclic) bond motifs is 1. The van der Waals surface area contributed by atoms with Crippen molar-refractivity contribution in [2.75, 3.05) is 13.1 Å². The summed E-state index contributed by atoms with van der Waals surface area (Å²) in [4.78, 5) is 22.4.